The summed E-state index contributed by atoms with van der Waals surface area (Å²) >= 11 is 0. The number of fused-ring (bicyclic) bond motifs is 1. The molecule has 0 aliphatic carbocycles. The summed E-state index contributed by atoms with van der Waals surface area (Å²) in [6, 6.07) is 19.1. The van der Waals surface area contributed by atoms with Crippen molar-refractivity contribution in [2.75, 3.05) is 16.8 Å². The molecular weight excluding hydrogens is 344 g/mol. The molecule has 4 heteroatoms. The molecule has 0 saturated heterocycles. The monoisotopic (exact) mass is 372 g/mol. The average Bonchev–Trinajstić information content (AvgIpc) is 2.67. The molecule has 0 radical (unpaired) electrons. The molecule has 0 bridgehead atoms. The van der Waals surface area contributed by atoms with Crippen molar-refractivity contribution in [1.29, 1.82) is 0 Å². The van der Waals surface area contributed by atoms with Crippen LogP contribution in [0.5, 0.6) is 0 Å². The number of benzene rings is 2. The number of nitrogens with one attached hydrogen (secondary N) is 1. The fourth-order valence-electron chi connectivity index (χ4n) is 3.81. The molecule has 0 amide bonds. The van der Waals surface area contributed by atoms with Gasteiger partial charge >= 0.3 is 0 Å². The zero-order chi connectivity index (χ0) is 19.7. The van der Waals surface area contributed by atoms with Crippen LogP contribution in [-0.2, 0) is 18.4 Å². The first-order valence-electron chi connectivity index (χ1n) is 9.94. The highest BCUT2D eigenvalue weighted by atomic mass is 15.3. The summed E-state index contributed by atoms with van der Waals surface area (Å²) in [5.41, 5.74) is 6.21. The lowest BCUT2D eigenvalue weighted by Gasteiger charge is -2.29. The van der Waals surface area contributed by atoms with Crippen molar-refractivity contribution in [3.05, 3.63) is 77.0 Å². The third-order valence-electron chi connectivity index (χ3n) is 5.25. The van der Waals surface area contributed by atoms with E-state index in [1.165, 1.54) is 16.7 Å². The highest BCUT2D eigenvalue weighted by Gasteiger charge is 2.20. The van der Waals surface area contributed by atoms with Crippen LogP contribution in [0.1, 0.15) is 43.2 Å². The number of nitrogens with zero attached hydrogens (tertiary/aromatic N) is 3. The van der Waals surface area contributed by atoms with Crippen molar-refractivity contribution >= 4 is 17.5 Å². The van der Waals surface area contributed by atoms with E-state index >= 15 is 0 Å². The standard InChI is InChI=1S/C24H28N4/c1-17-15-22(26-21-12-8-7-11-20(21)24(2,3)4)27-23(25-17)28-14-13-18-9-5-6-10-19(18)16-28/h5-12,15H,13-14,16H2,1-4H3,(H,25,26,27). The Morgan fingerprint density at radius 3 is 2.43 bits per heavy atom. The van der Waals surface area contributed by atoms with Gasteiger partial charge in [0.25, 0.3) is 0 Å². The molecule has 3 aromatic rings. The van der Waals surface area contributed by atoms with Gasteiger partial charge in [0.15, 0.2) is 0 Å². The van der Waals surface area contributed by atoms with E-state index in [-0.39, 0.29) is 5.41 Å². The smallest absolute Gasteiger partial charge is 0.227 e. The van der Waals surface area contributed by atoms with Crippen LogP contribution in [0.25, 0.3) is 0 Å². The van der Waals surface area contributed by atoms with Crippen LogP contribution in [-0.4, -0.2) is 16.5 Å². The zero-order valence-electron chi connectivity index (χ0n) is 17.2. The lowest BCUT2D eigenvalue weighted by Crippen LogP contribution is -2.32. The molecule has 1 aliphatic heterocycles. The molecule has 1 N–H and O–H groups in total. The predicted molar refractivity (Wildman–Crippen MR) is 116 cm³/mol. The molecule has 0 atom stereocenters. The van der Waals surface area contributed by atoms with Gasteiger partial charge in [0, 0.05) is 30.5 Å². The fourth-order valence-corrected chi connectivity index (χ4v) is 3.81. The number of aromatic nitrogens is 2. The Kier molecular flexibility index (Phi) is 4.80. The second-order valence-electron chi connectivity index (χ2n) is 8.56. The molecule has 1 aromatic heterocycles. The Morgan fingerprint density at radius 1 is 0.929 bits per heavy atom. The maximum absolute atomic E-state index is 4.85. The summed E-state index contributed by atoms with van der Waals surface area (Å²) in [7, 11) is 0. The van der Waals surface area contributed by atoms with Gasteiger partial charge in [0.2, 0.25) is 5.95 Å². The van der Waals surface area contributed by atoms with Gasteiger partial charge in [-0.1, -0.05) is 63.2 Å². The minimum Gasteiger partial charge on any atom is -0.340 e. The van der Waals surface area contributed by atoms with Crippen LogP contribution in [0.4, 0.5) is 17.5 Å². The van der Waals surface area contributed by atoms with Crippen LogP contribution in [0.3, 0.4) is 0 Å². The lowest BCUT2D eigenvalue weighted by atomic mass is 9.86. The first-order chi connectivity index (χ1) is 13.4. The molecular formula is C24H28N4. The first-order valence-corrected chi connectivity index (χ1v) is 9.94. The van der Waals surface area contributed by atoms with Gasteiger partial charge in [0.1, 0.15) is 5.82 Å². The summed E-state index contributed by atoms with van der Waals surface area (Å²) in [6.07, 6.45) is 1.03. The Morgan fingerprint density at radius 2 is 1.64 bits per heavy atom. The minimum atomic E-state index is 0.0606. The summed E-state index contributed by atoms with van der Waals surface area (Å²) in [5, 5.41) is 3.54. The van der Waals surface area contributed by atoms with E-state index in [2.05, 4.69) is 79.5 Å². The van der Waals surface area contributed by atoms with E-state index in [1.807, 2.05) is 13.0 Å². The van der Waals surface area contributed by atoms with Gasteiger partial charge in [-0.05, 0) is 41.5 Å². The van der Waals surface area contributed by atoms with Crippen LogP contribution in [0.2, 0.25) is 0 Å². The van der Waals surface area contributed by atoms with Crippen LogP contribution < -0.4 is 10.2 Å². The molecule has 4 nitrogen and oxygen atoms in total. The molecule has 0 spiro atoms. The quantitative estimate of drug-likeness (QED) is 0.669. The zero-order valence-corrected chi connectivity index (χ0v) is 17.2. The first kappa shape index (κ1) is 18.5. The molecule has 1 aliphatic rings. The summed E-state index contributed by atoms with van der Waals surface area (Å²) in [4.78, 5) is 11.8. The highest BCUT2D eigenvalue weighted by Crippen LogP contribution is 2.31. The number of anilines is 3. The van der Waals surface area contributed by atoms with Crippen molar-refractivity contribution in [3.8, 4) is 0 Å². The highest BCUT2D eigenvalue weighted by molar-refractivity contribution is 5.63. The van der Waals surface area contributed by atoms with Gasteiger partial charge in [-0.3, -0.25) is 0 Å². The number of rotatable bonds is 3. The molecule has 0 unspecified atom stereocenters. The molecule has 144 valence electrons. The lowest BCUT2D eigenvalue weighted by molar-refractivity contribution is 0.592. The normalized spacial score (nSPS) is 13.9. The van der Waals surface area contributed by atoms with Crippen LogP contribution in [0.15, 0.2) is 54.6 Å². The molecule has 4 rings (SSSR count). The molecule has 2 heterocycles. The van der Waals surface area contributed by atoms with Crippen molar-refractivity contribution in [1.82, 2.24) is 9.97 Å². The van der Waals surface area contributed by atoms with Gasteiger partial charge in [-0.25, -0.2) is 4.98 Å². The third-order valence-corrected chi connectivity index (χ3v) is 5.25. The largest absolute Gasteiger partial charge is 0.340 e. The molecule has 0 fully saturated rings. The Bertz CT molecular complexity index is 988. The van der Waals surface area contributed by atoms with Gasteiger partial charge < -0.3 is 10.2 Å². The number of hydrogen-bond acceptors (Lipinski definition) is 4. The van der Waals surface area contributed by atoms with E-state index in [9.17, 15) is 0 Å². The fraction of sp³-hybridized carbons (Fsp3) is 0.333. The summed E-state index contributed by atoms with van der Waals surface area (Å²) < 4.78 is 0. The SMILES string of the molecule is Cc1cc(Nc2ccccc2C(C)(C)C)nc(N2CCc3ccccc3C2)n1. The molecule has 0 saturated carbocycles. The third kappa shape index (κ3) is 3.86. The van der Waals surface area contributed by atoms with Crippen molar-refractivity contribution in [3.63, 3.8) is 0 Å². The van der Waals surface area contributed by atoms with Gasteiger partial charge in [0.05, 0.1) is 0 Å². The maximum Gasteiger partial charge on any atom is 0.227 e. The number of aryl methyl sites for hydroxylation is 1. The Hall–Kier alpha value is -2.88. The van der Waals surface area contributed by atoms with E-state index in [0.29, 0.717) is 0 Å². The van der Waals surface area contributed by atoms with Crippen LogP contribution >= 0.6 is 0 Å². The van der Waals surface area contributed by atoms with Crippen molar-refractivity contribution < 1.29 is 0 Å². The number of para-hydroxylation sites is 1. The summed E-state index contributed by atoms with van der Waals surface area (Å²) in [6.45, 7) is 10.5. The van der Waals surface area contributed by atoms with E-state index < -0.39 is 0 Å². The molecule has 28 heavy (non-hydrogen) atoms. The minimum absolute atomic E-state index is 0.0606. The maximum atomic E-state index is 4.85. The van der Waals surface area contributed by atoms with Gasteiger partial charge in [-0.2, -0.15) is 4.98 Å². The van der Waals surface area contributed by atoms with E-state index in [0.717, 1.165) is 42.7 Å². The van der Waals surface area contributed by atoms with E-state index in [1.54, 1.807) is 0 Å². The Labute approximate surface area is 167 Å². The number of hydrogen-bond donors (Lipinski definition) is 1. The molecule has 2 aromatic carbocycles. The van der Waals surface area contributed by atoms with Crippen molar-refractivity contribution in [2.45, 2.75) is 46.1 Å². The van der Waals surface area contributed by atoms with E-state index in [4.69, 9.17) is 9.97 Å². The topological polar surface area (TPSA) is 41.1 Å². The second-order valence-corrected chi connectivity index (χ2v) is 8.56. The van der Waals surface area contributed by atoms with Gasteiger partial charge in [-0.15, -0.1) is 0 Å². The van der Waals surface area contributed by atoms with Crippen LogP contribution in [0, 0.1) is 6.92 Å². The average molecular weight is 373 g/mol. The summed E-state index contributed by atoms with van der Waals surface area (Å²) in [5.74, 6) is 1.64. The second kappa shape index (κ2) is 7.27. The van der Waals surface area contributed by atoms with Crippen molar-refractivity contribution in [2.24, 2.45) is 0 Å². The predicted octanol–water partition coefficient (Wildman–Crippen LogP) is 5.39. The Balaban J connectivity index is 1.63.